The van der Waals surface area contributed by atoms with Gasteiger partial charge in [-0.05, 0) is 41.7 Å². The molecule has 1 saturated carbocycles. The quantitative estimate of drug-likeness (QED) is 0.863. The summed E-state index contributed by atoms with van der Waals surface area (Å²) in [4.78, 5) is 0. The lowest BCUT2D eigenvalue weighted by molar-refractivity contribution is 0.689. The topological polar surface area (TPSA) is 12.0 Å². The summed E-state index contributed by atoms with van der Waals surface area (Å²) in [7, 11) is 0. The summed E-state index contributed by atoms with van der Waals surface area (Å²) in [6.45, 7) is 0.938. The molecule has 1 aliphatic carbocycles. The first kappa shape index (κ1) is 11.8. The number of hydrogen-bond donors (Lipinski definition) is 1. The number of hydrogen-bond acceptors (Lipinski definition) is 1. The summed E-state index contributed by atoms with van der Waals surface area (Å²) >= 11 is 6.07. The first-order valence-electron chi connectivity index (χ1n) is 6.40. The van der Waals surface area contributed by atoms with Gasteiger partial charge in [-0.3, -0.25) is 0 Å². The molecule has 1 fully saturated rings. The minimum absolute atomic E-state index is 0.734. The van der Waals surface area contributed by atoms with Crippen LogP contribution in [-0.4, -0.2) is 6.04 Å². The molecule has 0 atom stereocenters. The Labute approximate surface area is 113 Å². The van der Waals surface area contributed by atoms with Gasteiger partial charge in [0.05, 0.1) is 0 Å². The third-order valence-corrected chi connectivity index (χ3v) is 3.55. The molecule has 1 nitrogen and oxygen atoms in total. The molecule has 0 unspecified atom stereocenters. The molecular formula is C16H16ClN. The van der Waals surface area contributed by atoms with Crippen molar-refractivity contribution in [2.24, 2.45) is 0 Å². The van der Waals surface area contributed by atoms with Crippen molar-refractivity contribution in [2.75, 3.05) is 0 Å². The number of nitrogens with one attached hydrogen (secondary N) is 1. The van der Waals surface area contributed by atoms with Gasteiger partial charge in [0.1, 0.15) is 0 Å². The smallest absolute Gasteiger partial charge is 0.0412 e. The van der Waals surface area contributed by atoms with Crippen molar-refractivity contribution < 1.29 is 0 Å². The van der Waals surface area contributed by atoms with Crippen molar-refractivity contribution in [2.45, 2.75) is 25.4 Å². The molecule has 2 aromatic rings. The lowest BCUT2D eigenvalue weighted by Gasteiger charge is -2.10. The molecule has 0 amide bonds. The van der Waals surface area contributed by atoms with E-state index in [-0.39, 0.29) is 0 Å². The van der Waals surface area contributed by atoms with Crippen LogP contribution in [0.4, 0.5) is 0 Å². The average Bonchev–Trinajstić information content (AvgIpc) is 3.21. The van der Waals surface area contributed by atoms with Gasteiger partial charge in [-0.1, -0.05) is 48.0 Å². The molecular weight excluding hydrogens is 242 g/mol. The summed E-state index contributed by atoms with van der Waals surface area (Å²) in [6.07, 6.45) is 2.64. The standard InChI is InChI=1S/C16H16ClN/c17-14-6-3-5-12(10-14)16-7-2-1-4-13(16)11-18-15-8-9-15/h1-7,10,15,18H,8-9,11H2. The van der Waals surface area contributed by atoms with Gasteiger partial charge in [0.2, 0.25) is 0 Å². The molecule has 0 saturated heterocycles. The molecule has 2 aromatic carbocycles. The van der Waals surface area contributed by atoms with Crippen molar-refractivity contribution in [3.8, 4) is 11.1 Å². The Hall–Kier alpha value is -1.31. The third-order valence-electron chi connectivity index (χ3n) is 3.31. The normalized spacial score (nSPS) is 14.7. The van der Waals surface area contributed by atoms with E-state index in [9.17, 15) is 0 Å². The fraction of sp³-hybridized carbons (Fsp3) is 0.250. The Bertz CT molecular complexity index is 546. The monoisotopic (exact) mass is 257 g/mol. The summed E-state index contributed by atoms with van der Waals surface area (Å²) < 4.78 is 0. The Balaban J connectivity index is 1.89. The van der Waals surface area contributed by atoms with Gasteiger partial charge < -0.3 is 5.32 Å². The first-order valence-corrected chi connectivity index (χ1v) is 6.78. The number of benzene rings is 2. The fourth-order valence-corrected chi connectivity index (χ4v) is 2.34. The van der Waals surface area contributed by atoms with Gasteiger partial charge in [-0.15, -0.1) is 0 Å². The molecule has 0 heterocycles. The zero-order valence-corrected chi connectivity index (χ0v) is 11.0. The summed E-state index contributed by atoms with van der Waals surface area (Å²) in [5.74, 6) is 0. The van der Waals surface area contributed by atoms with E-state index >= 15 is 0 Å². The van der Waals surface area contributed by atoms with Crippen LogP contribution in [0, 0.1) is 0 Å². The summed E-state index contributed by atoms with van der Waals surface area (Å²) in [5, 5.41) is 4.35. The average molecular weight is 258 g/mol. The molecule has 0 radical (unpaired) electrons. The zero-order valence-electron chi connectivity index (χ0n) is 10.2. The second kappa shape index (κ2) is 5.13. The van der Waals surface area contributed by atoms with Crippen molar-refractivity contribution in [3.05, 3.63) is 59.1 Å². The molecule has 0 aliphatic heterocycles. The lowest BCUT2D eigenvalue weighted by Crippen LogP contribution is -2.15. The molecule has 0 aromatic heterocycles. The van der Waals surface area contributed by atoms with Crippen molar-refractivity contribution in [3.63, 3.8) is 0 Å². The van der Waals surface area contributed by atoms with E-state index in [0.717, 1.165) is 17.6 Å². The highest BCUT2D eigenvalue weighted by molar-refractivity contribution is 6.30. The summed E-state index contributed by atoms with van der Waals surface area (Å²) in [5.41, 5.74) is 3.80. The predicted molar refractivity (Wildman–Crippen MR) is 76.7 cm³/mol. The lowest BCUT2D eigenvalue weighted by atomic mass is 10.00. The van der Waals surface area contributed by atoms with Gasteiger partial charge in [-0.25, -0.2) is 0 Å². The number of rotatable bonds is 4. The molecule has 1 N–H and O–H groups in total. The van der Waals surface area contributed by atoms with Crippen LogP contribution < -0.4 is 5.32 Å². The van der Waals surface area contributed by atoms with Crippen LogP contribution in [0.5, 0.6) is 0 Å². The van der Waals surface area contributed by atoms with Crippen molar-refractivity contribution >= 4 is 11.6 Å². The van der Waals surface area contributed by atoms with Gasteiger partial charge in [0.25, 0.3) is 0 Å². The molecule has 0 spiro atoms. The van der Waals surface area contributed by atoms with Crippen LogP contribution in [0.15, 0.2) is 48.5 Å². The number of halogens is 1. The van der Waals surface area contributed by atoms with E-state index in [1.54, 1.807) is 0 Å². The molecule has 3 rings (SSSR count). The van der Waals surface area contributed by atoms with E-state index < -0.39 is 0 Å². The SMILES string of the molecule is Clc1cccc(-c2ccccc2CNC2CC2)c1. The second-order valence-electron chi connectivity index (χ2n) is 4.82. The van der Waals surface area contributed by atoms with Gasteiger partial charge in [0, 0.05) is 17.6 Å². The van der Waals surface area contributed by atoms with Gasteiger partial charge in [-0.2, -0.15) is 0 Å². The van der Waals surface area contributed by atoms with Gasteiger partial charge in [0.15, 0.2) is 0 Å². The van der Waals surface area contributed by atoms with E-state index in [0.29, 0.717) is 0 Å². The molecule has 2 heteroatoms. The van der Waals surface area contributed by atoms with Crippen LogP contribution in [0.3, 0.4) is 0 Å². The summed E-state index contributed by atoms with van der Waals surface area (Å²) in [6, 6.07) is 17.3. The van der Waals surface area contributed by atoms with Crippen LogP contribution in [0.1, 0.15) is 18.4 Å². The minimum Gasteiger partial charge on any atom is -0.310 e. The predicted octanol–water partition coefficient (Wildman–Crippen LogP) is 4.26. The fourth-order valence-electron chi connectivity index (χ4n) is 2.15. The second-order valence-corrected chi connectivity index (χ2v) is 5.26. The van der Waals surface area contributed by atoms with Crippen LogP contribution in [-0.2, 0) is 6.54 Å². The highest BCUT2D eigenvalue weighted by atomic mass is 35.5. The highest BCUT2D eigenvalue weighted by Gasteiger charge is 2.20. The van der Waals surface area contributed by atoms with Crippen molar-refractivity contribution in [1.29, 1.82) is 0 Å². The Kier molecular flexibility index (Phi) is 3.35. The van der Waals surface area contributed by atoms with E-state index in [1.807, 2.05) is 18.2 Å². The Morgan fingerprint density at radius 3 is 2.67 bits per heavy atom. The molecule has 0 bridgehead atoms. The van der Waals surface area contributed by atoms with Crippen LogP contribution in [0.2, 0.25) is 5.02 Å². The van der Waals surface area contributed by atoms with Crippen LogP contribution in [0.25, 0.3) is 11.1 Å². The molecule has 18 heavy (non-hydrogen) atoms. The van der Waals surface area contributed by atoms with E-state index in [4.69, 9.17) is 11.6 Å². The van der Waals surface area contributed by atoms with Gasteiger partial charge >= 0.3 is 0 Å². The van der Waals surface area contributed by atoms with Crippen LogP contribution >= 0.6 is 11.6 Å². The maximum atomic E-state index is 6.07. The van der Waals surface area contributed by atoms with E-state index in [1.165, 1.54) is 29.5 Å². The maximum Gasteiger partial charge on any atom is 0.0412 e. The Morgan fingerprint density at radius 1 is 1.06 bits per heavy atom. The minimum atomic E-state index is 0.734. The van der Waals surface area contributed by atoms with Crippen molar-refractivity contribution in [1.82, 2.24) is 5.32 Å². The third kappa shape index (κ3) is 2.74. The Morgan fingerprint density at radius 2 is 1.89 bits per heavy atom. The molecule has 1 aliphatic rings. The highest BCUT2D eigenvalue weighted by Crippen LogP contribution is 2.27. The van der Waals surface area contributed by atoms with E-state index in [2.05, 4.69) is 35.6 Å². The molecule has 92 valence electrons. The maximum absolute atomic E-state index is 6.07. The first-order chi connectivity index (χ1) is 8.83. The largest absolute Gasteiger partial charge is 0.310 e. The zero-order chi connectivity index (χ0) is 12.4.